The Morgan fingerprint density at radius 2 is 1.68 bits per heavy atom. The van der Waals surface area contributed by atoms with Gasteiger partial charge >= 0.3 is 0 Å². The van der Waals surface area contributed by atoms with Crippen molar-refractivity contribution in [1.29, 1.82) is 0 Å². The zero-order chi connectivity index (χ0) is 29.4. The minimum atomic E-state index is -1.19. The molecule has 1 spiro atoms. The summed E-state index contributed by atoms with van der Waals surface area (Å²) >= 11 is 0. The van der Waals surface area contributed by atoms with Crippen molar-refractivity contribution < 1.29 is 24.2 Å². The van der Waals surface area contributed by atoms with Gasteiger partial charge in [-0.05, 0) is 37.0 Å². The Morgan fingerprint density at radius 1 is 1.05 bits per heavy atom. The van der Waals surface area contributed by atoms with Crippen molar-refractivity contribution in [3.05, 3.63) is 91.5 Å². The molecule has 6 atom stereocenters. The molecule has 8 nitrogen and oxygen atoms in total. The smallest absolute Gasteiger partial charge is 0.248 e. The van der Waals surface area contributed by atoms with Crippen LogP contribution < -0.4 is 4.90 Å². The molecule has 3 heterocycles. The number of aliphatic hydroxyl groups excluding tert-OH is 1. The zero-order valence-corrected chi connectivity index (χ0v) is 23.8. The van der Waals surface area contributed by atoms with E-state index in [0.717, 1.165) is 5.56 Å². The number of hydrogen-bond donors (Lipinski definition) is 1. The lowest BCUT2D eigenvalue weighted by Crippen LogP contribution is -2.57. The van der Waals surface area contributed by atoms with Crippen LogP contribution in [0.1, 0.15) is 25.8 Å². The molecule has 5 rings (SSSR count). The van der Waals surface area contributed by atoms with Crippen LogP contribution in [0.25, 0.3) is 0 Å². The summed E-state index contributed by atoms with van der Waals surface area (Å²) in [7, 11) is 0. The number of benzene rings is 2. The third-order valence-corrected chi connectivity index (χ3v) is 9.18. The quantitative estimate of drug-likeness (QED) is 0.428. The highest BCUT2D eigenvalue weighted by molar-refractivity contribution is 6.03. The van der Waals surface area contributed by atoms with Crippen LogP contribution in [0.15, 0.2) is 86.0 Å². The van der Waals surface area contributed by atoms with Gasteiger partial charge in [-0.1, -0.05) is 67.6 Å². The van der Waals surface area contributed by atoms with Gasteiger partial charge in [0.25, 0.3) is 0 Å². The first-order valence-electron chi connectivity index (χ1n) is 14.3. The molecular formula is C33H39N3O5. The van der Waals surface area contributed by atoms with E-state index in [1.807, 2.05) is 74.5 Å². The first-order chi connectivity index (χ1) is 19.7. The number of ether oxygens (including phenoxy) is 1. The average molecular weight is 558 g/mol. The van der Waals surface area contributed by atoms with Crippen LogP contribution in [0.5, 0.6) is 0 Å². The molecule has 3 fully saturated rings. The van der Waals surface area contributed by atoms with Gasteiger partial charge < -0.3 is 24.5 Å². The molecule has 216 valence electrons. The zero-order valence-electron chi connectivity index (χ0n) is 23.8. The van der Waals surface area contributed by atoms with Crippen LogP contribution in [0.3, 0.4) is 0 Å². The monoisotopic (exact) mass is 557 g/mol. The van der Waals surface area contributed by atoms with Gasteiger partial charge in [-0.2, -0.15) is 0 Å². The Bertz CT molecular complexity index is 1320. The third-order valence-electron chi connectivity index (χ3n) is 9.18. The van der Waals surface area contributed by atoms with Gasteiger partial charge in [-0.3, -0.25) is 14.4 Å². The van der Waals surface area contributed by atoms with E-state index < -0.39 is 29.1 Å². The maximum absolute atomic E-state index is 14.5. The number of rotatable bonds is 11. The summed E-state index contributed by atoms with van der Waals surface area (Å²) in [5.74, 6) is -2.57. The second kappa shape index (κ2) is 11.3. The molecular weight excluding hydrogens is 518 g/mol. The van der Waals surface area contributed by atoms with Gasteiger partial charge in [0.15, 0.2) is 0 Å². The molecule has 2 bridgehead atoms. The summed E-state index contributed by atoms with van der Waals surface area (Å²) in [6.07, 6.45) is 3.79. The largest absolute Gasteiger partial charge is 0.395 e. The Hall–Kier alpha value is -3.75. The molecule has 3 saturated heterocycles. The highest BCUT2D eigenvalue weighted by Gasteiger charge is 2.80. The fourth-order valence-corrected chi connectivity index (χ4v) is 7.33. The molecule has 1 N–H and O–H groups in total. The summed E-state index contributed by atoms with van der Waals surface area (Å²) in [6.45, 7) is 12.2. The lowest BCUT2D eigenvalue weighted by Gasteiger charge is -2.39. The van der Waals surface area contributed by atoms with Crippen molar-refractivity contribution in [3.8, 4) is 0 Å². The SMILES string of the molecule is C=CCN(Cc1ccccc1)C(=O)C1N(CCO)C(=O)[C@@H]2[C@@H](C(=O)N(CC=C)c3ccccc3)[C@]3(C)OC12CC3C. The maximum atomic E-state index is 14.5. The number of hydrogen-bond acceptors (Lipinski definition) is 5. The lowest BCUT2D eigenvalue weighted by atomic mass is 9.62. The number of carbonyl (C=O) groups is 3. The summed E-state index contributed by atoms with van der Waals surface area (Å²) in [4.78, 5) is 47.9. The number of aliphatic hydroxyl groups is 1. The van der Waals surface area contributed by atoms with Gasteiger partial charge in [0.2, 0.25) is 17.7 Å². The minimum Gasteiger partial charge on any atom is -0.395 e. The molecule has 0 saturated carbocycles. The molecule has 2 aromatic carbocycles. The highest BCUT2D eigenvalue weighted by atomic mass is 16.5. The molecule has 41 heavy (non-hydrogen) atoms. The van der Waals surface area contributed by atoms with E-state index in [9.17, 15) is 19.5 Å². The van der Waals surface area contributed by atoms with Gasteiger partial charge in [0.1, 0.15) is 11.6 Å². The third kappa shape index (κ3) is 4.59. The van der Waals surface area contributed by atoms with Crippen LogP contribution >= 0.6 is 0 Å². The Kier molecular flexibility index (Phi) is 7.90. The first kappa shape index (κ1) is 28.8. The lowest BCUT2D eigenvalue weighted by molar-refractivity contribution is -0.152. The Balaban J connectivity index is 1.57. The van der Waals surface area contributed by atoms with Gasteiger partial charge in [0.05, 0.1) is 24.0 Å². The fourth-order valence-electron chi connectivity index (χ4n) is 7.33. The van der Waals surface area contributed by atoms with Crippen LogP contribution in [-0.2, 0) is 25.7 Å². The summed E-state index contributed by atoms with van der Waals surface area (Å²) in [5.41, 5.74) is -0.485. The van der Waals surface area contributed by atoms with Gasteiger partial charge in [0, 0.05) is 31.9 Å². The number of fused-ring (bicyclic) bond motifs is 1. The van der Waals surface area contributed by atoms with E-state index in [4.69, 9.17) is 4.74 Å². The van der Waals surface area contributed by atoms with Crippen molar-refractivity contribution in [1.82, 2.24) is 9.80 Å². The van der Waals surface area contributed by atoms with Gasteiger partial charge in [-0.15, -0.1) is 13.2 Å². The number of likely N-dealkylation sites (tertiary alicyclic amines) is 1. The molecule has 8 heteroatoms. The molecule has 3 unspecified atom stereocenters. The van der Waals surface area contributed by atoms with Crippen LogP contribution in [0, 0.1) is 17.8 Å². The average Bonchev–Trinajstić information content (AvgIpc) is 3.48. The molecule has 0 aromatic heterocycles. The second-order valence-electron chi connectivity index (χ2n) is 11.5. The van der Waals surface area contributed by atoms with Crippen molar-refractivity contribution >= 4 is 23.4 Å². The van der Waals surface area contributed by atoms with Crippen LogP contribution in [0.4, 0.5) is 5.69 Å². The van der Waals surface area contributed by atoms with E-state index in [0.29, 0.717) is 18.7 Å². The summed E-state index contributed by atoms with van der Waals surface area (Å²) in [5, 5.41) is 9.97. The number of amides is 3. The van der Waals surface area contributed by atoms with E-state index in [2.05, 4.69) is 13.2 Å². The fraction of sp³-hybridized carbons (Fsp3) is 0.424. The van der Waals surface area contributed by atoms with Crippen molar-refractivity contribution in [2.24, 2.45) is 17.8 Å². The number of nitrogens with zero attached hydrogens (tertiary/aromatic N) is 3. The normalized spacial score (nSPS) is 29.7. The van der Waals surface area contributed by atoms with Crippen molar-refractivity contribution in [3.63, 3.8) is 0 Å². The van der Waals surface area contributed by atoms with E-state index in [1.54, 1.807) is 22.0 Å². The number of carbonyl (C=O) groups excluding carboxylic acids is 3. The van der Waals surface area contributed by atoms with Crippen molar-refractivity contribution in [2.45, 2.75) is 44.1 Å². The standard InChI is InChI=1S/C33H39N3O5/c1-5-17-34(22-24-13-9-7-10-14-24)31(40)28-33-21-23(3)32(4,41-33)26(27(33)30(39)36(28)19-20-37)29(38)35(18-6-2)25-15-11-8-12-16-25/h5-16,23,26-28,37H,1-2,17-22H2,3-4H3/t23?,26-,27-,28?,32+,33?/m0/s1. The summed E-state index contributed by atoms with van der Waals surface area (Å²) < 4.78 is 6.85. The first-order valence-corrected chi connectivity index (χ1v) is 14.3. The number of para-hydroxylation sites is 1. The predicted molar refractivity (Wildman–Crippen MR) is 157 cm³/mol. The molecule has 3 aliphatic heterocycles. The molecule has 0 radical (unpaired) electrons. The molecule has 0 aliphatic carbocycles. The predicted octanol–water partition coefficient (Wildman–Crippen LogP) is 3.42. The second-order valence-corrected chi connectivity index (χ2v) is 11.5. The molecule has 3 amide bonds. The van der Waals surface area contributed by atoms with E-state index in [-0.39, 0.29) is 49.9 Å². The number of anilines is 1. The highest BCUT2D eigenvalue weighted by Crippen LogP contribution is 2.65. The van der Waals surface area contributed by atoms with Crippen LogP contribution in [0.2, 0.25) is 0 Å². The van der Waals surface area contributed by atoms with E-state index >= 15 is 0 Å². The molecule has 2 aromatic rings. The van der Waals surface area contributed by atoms with Crippen molar-refractivity contribution in [2.75, 3.05) is 31.1 Å². The van der Waals surface area contributed by atoms with Crippen LogP contribution in [-0.4, -0.2) is 76.1 Å². The minimum absolute atomic E-state index is 0.0226. The molecule has 3 aliphatic rings. The maximum Gasteiger partial charge on any atom is 0.248 e. The van der Waals surface area contributed by atoms with E-state index in [1.165, 1.54) is 4.90 Å². The van der Waals surface area contributed by atoms with Gasteiger partial charge in [-0.25, -0.2) is 0 Å². The topological polar surface area (TPSA) is 90.4 Å². The number of β-amino-alcohol motifs (C(OH)–C–C–N with tert-alkyl or cyclic N) is 1. The Morgan fingerprint density at radius 3 is 2.29 bits per heavy atom. The summed E-state index contributed by atoms with van der Waals surface area (Å²) in [6, 6.07) is 18.0. The Labute approximate surface area is 241 Å².